The molecule has 174 valence electrons. The molecule has 4 aromatic rings. The van der Waals surface area contributed by atoms with Crippen LogP contribution >= 0.6 is 11.8 Å². The number of fused-ring (bicyclic) bond motifs is 1. The Labute approximate surface area is 208 Å². The lowest BCUT2D eigenvalue weighted by molar-refractivity contribution is -0.123. The second-order valence-corrected chi connectivity index (χ2v) is 9.08. The van der Waals surface area contributed by atoms with E-state index >= 15 is 0 Å². The summed E-state index contributed by atoms with van der Waals surface area (Å²) in [5.74, 6) is 0.872. The van der Waals surface area contributed by atoms with Crippen LogP contribution in [-0.4, -0.2) is 23.2 Å². The molecule has 5 nitrogen and oxygen atoms in total. The minimum atomic E-state index is -0.292. The predicted molar refractivity (Wildman–Crippen MR) is 139 cm³/mol. The number of carbonyl (C=O) groups is 2. The van der Waals surface area contributed by atoms with E-state index in [1.807, 2.05) is 66.7 Å². The summed E-state index contributed by atoms with van der Waals surface area (Å²) in [7, 11) is 1.58. The van der Waals surface area contributed by atoms with Crippen molar-refractivity contribution in [3.05, 3.63) is 113 Å². The highest BCUT2D eigenvalue weighted by Gasteiger charge is 2.35. The molecule has 1 heterocycles. The fourth-order valence-electron chi connectivity index (χ4n) is 4.02. The van der Waals surface area contributed by atoms with Gasteiger partial charge in [0.2, 0.25) is 0 Å². The first-order valence-electron chi connectivity index (χ1n) is 11.2. The van der Waals surface area contributed by atoms with Crippen molar-refractivity contribution in [2.75, 3.05) is 7.11 Å². The molecule has 0 unspecified atom stereocenters. The molecule has 0 N–H and O–H groups in total. The molecule has 4 aromatic carbocycles. The van der Waals surface area contributed by atoms with Crippen LogP contribution in [0.3, 0.4) is 0 Å². The first-order valence-corrected chi connectivity index (χ1v) is 12.0. The number of rotatable bonds is 7. The van der Waals surface area contributed by atoms with Gasteiger partial charge in [-0.2, -0.15) is 0 Å². The number of imide groups is 1. The predicted octanol–water partition coefficient (Wildman–Crippen LogP) is 6.66. The molecule has 0 bridgehead atoms. The lowest BCUT2D eigenvalue weighted by Gasteiger charge is -2.13. The highest BCUT2D eigenvalue weighted by Crippen LogP contribution is 2.35. The zero-order chi connectivity index (χ0) is 24.2. The van der Waals surface area contributed by atoms with Gasteiger partial charge >= 0.3 is 0 Å². The largest absolute Gasteiger partial charge is 0.493 e. The van der Waals surface area contributed by atoms with Crippen molar-refractivity contribution >= 4 is 39.8 Å². The summed E-state index contributed by atoms with van der Waals surface area (Å²) in [6.07, 6.45) is 1.72. The van der Waals surface area contributed by atoms with E-state index in [0.717, 1.165) is 39.2 Å². The fourth-order valence-corrected chi connectivity index (χ4v) is 4.86. The number of nitrogens with zero attached hydrogens (tertiary/aromatic N) is 1. The summed E-state index contributed by atoms with van der Waals surface area (Å²) < 4.78 is 11.6. The molecule has 0 saturated carbocycles. The Morgan fingerprint density at radius 3 is 2.46 bits per heavy atom. The number of hydrogen-bond acceptors (Lipinski definition) is 5. The van der Waals surface area contributed by atoms with Gasteiger partial charge in [0.15, 0.2) is 11.5 Å². The van der Waals surface area contributed by atoms with Crippen LogP contribution in [0.4, 0.5) is 4.79 Å². The molecular formula is C29H23NO4S. The molecule has 0 radical (unpaired) electrons. The van der Waals surface area contributed by atoms with Gasteiger partial charge in [0.05, 0.1) is 18.6 Å². The third-order valence-electron chi connectivity index (χ3n) is 5.81. The summed E-state index contributed by atoms with van der Waals surface area (Å²) in [5, 5.41) is 2.04. The van der Waals surface area contributed by atoms with Crippen LogP contribution in [-0.2, 0) is 17.9 Å². The maximum absolute atomic E-state index is 12.9. The Hall–Kier alpha value is -4.03. The van der Waals surface area contributed by atoms with Crippen molar-refractivity contribution in [2.45, 2.75) is 13.2 Å². The topological polar surface area (TPSA) is 55.8 Å². The summed E-state index contributed by atoms with van der Waals surface area (Å²) in [6.45, 7) is 0.655. The molecule has 0 atom stereocenters. The number of amides is 2. The van der Waals surface area contributed by atoms with Gasteiger partial charge in [0, 0.05) is 0 Å². The van der Waals surface area contributed by atoms with Crippen molar-refractivity contribution in [1.82, 2.24) is 4.90 Å². The number of carbonyl (C=O) groups excluding carboxylic acids is 2. The molecule has 5 rings (SSSR count). The van der Waals surface area contributed by atoms with Crippen molar-refractivity contribution in [3.8, 4) is 11.5 Å². The van der Waals surface area contributed by atoms with Gasteiger partial charge < -0.3 is 9.47 Å². The van der Waals surface area contributed by atoms with Crippen LogP contribution in [0, 0.1) is 0 Å². The van der Waals surface area contributed by atoms with E-state index in [1.165, 1.54) is 4.90 Å². The van der Waals surface area contributed by atoms with Crippen LogP contribution in [0.5, 0.6) is 11.5 Å². The van der Waals surface area contributed by atoms with Crippen LogP contribution < -0.4 is 9.47 Å². The van der Waals surface area contributed by atoms with Gasteiger partial charge in [-0.1, -0.05) is 78.9 Å². The van der Waals surface area contributed by atoms with Crippen molar-refractivity contribution in [1.29, 1.82) is 0 Å². The first-order chi connectivity index (χ1) is 17.1. The summed E-state index contributed by atoms with van der Waals surface area (Å²) in [4.78, 5) is 27.0. The number of ether oxygens (including phenoxy) is 2. The zero-order valence-corrected chi connectivity index (χ0v) is 20.0. The summed E-state index contributed by atoms with van der Waals surface area (Å²) in [5.41, 5.74) is 2.75. The molecule has 2 amide bonds. The van der Waals surface area contributed by atoms with E-state index in [-0.39, 0.29) is 17.7 Å². The molecule has 35 heavy (non-hydrogen) atoms. The number of thioether (sulfide) groups is 1. The quantitative estimate of drug-likeness (QED) is 0.276. The molecule has 0 aliphatic carbocycles. The molecule has 1 aliphatic rings. The van der Waals surface area contributed by atoms with Gasteiger partial charge in [0.25, 0.3) is 11.1 Å². The van der Waals surface area contributed by atoms with Crippen molar-refractivity contribution in [3.63, 3.8) is 0 Å². The van der Waals surface area contributed by atoms with Crippen LogP contribution in [0.25, 0.3) is 16.8 Å². The van der Waals surface area contributed by atoms with Gasteiger partial charge in [-0.05, 0) is 57.4 Å². The van der Waals surface area contributed by atoms with Gasteiger partial charge in [0.1, 0.15) is 6.61 Å². The fraction of sp³-hybridized carbons (Fsp3) is 0.103. The van der Waals surface area contributed by atoms with E-state index in [4.69, 9.17) is 9.47 Å². The SMILES string of the molecule is COc1cc(/C=C2\SC(=O)N(Cc3ccccc3)C2=O)ccc1OCc1cccc2ccccc12. The zero-order valence-electron chi connectivity index (χ0n) is 19.1. The molecule has 1 aliphatic heterocycles. The molecule has 1 fully saturated rings. The molecule has 1 saturated heterocycles. The lowest BCUT2D eigenvalue weighted by atomic mass is 10.1. The van der Waals surface area contributed by atoms with E-state index in [1.54, 1.807) is 13.2 Å². The summed E-state index contributed by atoms with van der Waals surface area (Å²) >= 11 is 0.949. The average molecular weight is 482 g/mol. The first kappa shape index (κ1) is 22.7. The van der Waals surface area contributed by atoms with Gasteiger partial charge in [-0.25, -0.2) is 0 Å². The summed E-state index contributed by atoms with van der Waals surface area (Å²) in [6, 6.07) is 29.3. The van der Waals surface area contributed by atoms with Gasteiger partial charge in [-0.3, -0.25) is 14.5 Å². The third kappa shape index (κ3) is 4.93. The minimum Gasteiger partial charge on any atom is -0.493 e. The lowest BCUT2D eigenvalue weighted by Crippen LogP contribution is -2.27. The Morgan fingerprint density at radius 1 is 0.857 bits per heavy atom. The van der Waals surface area contributed by atoms with E-state index in [9.17, 15) is 9.59 Å². The molecule has 0 spiro atoms. The Kier molecular flexibility index (Phi) is 6.55. The number of methoxy groups -OCH3 is 1. The van der Waals surface area contributed by atoms with Crippen LogP contribution in [0.2, 0.25) is 0 Å². The molecular weight excluding hydrogens is 458 g/mol. The number of benzene rings is 4. The van der Waals surface area contributed by atoms with Crippen molar-refractivity contribution in [2.24, 2.45) is 0 Å². The molecule has 0 aromatic heterocycles. The Bertz CT molecular complexity index is 1430. The monoisotopic (exact) mass is 481 g/mol. The van der Waals surface area contributed by atoms with Crippen molar-refractivity contribution < 1.29 is 19.1 Å². The molecule has 6 heteroatoms. The minimum absolute atomic E-state index is 0.257. The Morgan fingerprint density at radius 2 is 1.63 bits per heavy atom. The maximum atomic E-state index is 12.9. The highest BCUT2D eigenvalue weighted by molar-refractivity contribution is 8.18. The van der Waals surface area contributed by atoms with E-state index in [2.05, 4.69) is 24.3 Å². The van der Waals surface area contributed by atoms with E-state index in [0.29, 0.717) is 23.0 Å². The maximum Gasteiger partial charge on any atom is 0.293 e. The number of hydrogen-bond donors (Lipinski definition) is 0. The Balaban J connectivity index is 1.32. The second-order valence-electron chi connectivity index (χ2n) is 8.09. The van der Waals surface area contributed by atoms with Crippen LogP contribution in [0.1, 0.15) is 16.7 Å². The standard InChI is InChI=1S/C29H23NO4S/c1-33-26-16-21(17-27-28(31)30(29(32)35-27)18-20-8-3-2-4-9-20)14-15-25(26)34-19-23-12-7-11-22-10-5-6-13-24(22)23/h2-17H,18-19H2,1H3/b27-17-. The van der Waals surface area contributed by atoms with Crippen LogP contribution in [0.15, 0.2) is 95.9 Å². The van der Waals surface area contributed by atoms with E-state index < -0.39 is 0 Å². The third-order valence-corrected chi connectivity index (χ3v) is 6.71. The normalized spacial score (nSPS) is 14.7. The highest BCUT2D eigenvalue weighted by atomic mass is 32.2. The average Bonchev–Trinajstić information content (AvgIpc) is 3.15. The smallest absolute Gasteiger partial charge is 0.293 e. The van der Waals surface area contributed by atoms with Gasteiger partial charge in [-0.15, -0.1) is 0 Å². The second kappa shape index (κ2) is 10.1.